The molecule has 0 spiro atoms. The first kappa shape index (κ1) is 13.1. The monoisotopic (exact) mass is 206 g/mol. The van der Waals surface area contributed by atoms with Crippen LogP contribution in [0.4, 0.5) is 0 Å². The molecule has 1 N–H and O–H groups in total. The van der Waals surface area contributed by atoms with Gasteiger partial charge in [0, 0.05) is 0 Å². The van der Waals surface area contributed by atoms with Crippen LogP contribution in [0.1, 0.15) is 24.2 Å². The summed E-state index contributed by atoms with van der Waals surface area (Å²) in [5.74, 6) is -0.770. The highest BCUT2D eigenvalue weighted by molar-refractivity contribution is 5.87. The summed E-state index contributed by atoms with van der Waals surface area (Å²) in [6, 6.07) is 8.30. The second kappa shape index (κ2) is 7.50. The van der Waals surface area contributed by atoms with Crippen LogP contribution in [-0.2, 0) is 4.79 Å². The first-order valence-corrected chi connectivity index (χ1v) is 4.49. The first-order valence-electron chi connectivity index (χ1n) is 4.49. The minimum Gasteiger partial charge on any atom is -0.478 e. The van der Waals surface area contributed by atoms with E-state index in [9.17, 15) is 9.59 Å². The SMILES string of the molecule is C/C=C/C(C)=O.O=C(O)c1ccccc1. The van der Waals surface area contributed by atoms with Gasteiger partial charge in [0.05, 0.1) is 5.56 Å². The summed E-state index contributed by atoms with van der Waals surface area (Å²) >= 11 is 0. The maximum atomic E-state index is 10.2. The average Bonchev–Trinajstić information content (AvgIpc) is 2.20. The Labute approximate surface area is 89.1 Å². The molecule has 0 aliphatic heterocycles. The van der Waals surface area contributed by atoms with Gasteiger partial charge in [0.25, 0.3) is 0 Å². The molecule has 0 saturated heterocycles. The van der Waals surface area contributed by atoms with E-state index >= 15 is 0 Å². The molecule has 0 fully saturated rings. The van der Waals surface area contributed by atoms with Gasteiger partial charge in [-0.05, 0) is 32.1 Å². The van der Waals surface area contributed by atoms with E-state index in [1.54, 1.807) is 36.4 Å². The Hall–Kier alpha value is -1.90. The van der Waals surface area contributed by atoms with Crippen molar-refractivity contribution in [2.75, 3.05) is 0 Å². The Morgan fingerprint density at radius 2 is 1.73 bits per heavy atom. The zero-order valence-electron chi connectivity index (χ0n) is 8.81. The minimum absolute atomic E-state index is 0.109. The number of allylic oxidation sites excluding steroid dienone is 2. The van der Waals surface area contributed by atoms with Crippen molar-refractivity contribution in [3.05, 3.63) is 48.0 Å². The van der Waals surface area contributed by atoms with Crippen LogP contribution in [0.2, 0.25) is 0 Å². The molecule has 0 unspecified atom stereocenters. The van der Waals surface area contributed by atoms with Gasteiger partial charge in [0.1, 0.15) is 0 Å². The molecule has 15 heavy (non-hydrogen) atoms. The summed E-state index contributed by atoms with van der Waals surface area (Å²) in [6.45, 7) is 3.35. The number of carbonyl (C=O) groups is 2. The highest BCUT2D eigenvalue weighted by atomic mass is 16.4. The van der Waals surface area contributed by atoms with Gasteiger partial charge >= 0.3 is 5.97 Å². The number of ketones is 1. The molecule has 0 saturated carbocycles. The lowest BCUT2D eigenvalue weighted by Gasteiger charge is -1.88. The Kier molecular flexibility index (Phi) is 6.55. The predicted octanol–water partition coefficient (Wildman–Crippen LogP) is 2.54. The molecule has 3 nitrogen and oxygen atoms in total. The summed E-state index contributed by atoms with van der Waals surface area (Å²) in [5.41, 5.74) is 0.331. The normalized spacial score (nSPS) is 9.20. The van der Waals surface area contributed by atoms with Crippen molar-refractivity contribution in [1.29, 1.82) is 0 Å². The van der Waals surface area contributed by atoms with Crippen LogP contribution in [0.25, 0.3) is 0 Å². The smallest absolute Gasteiger partial charge is 0.335 e. The third kappa shape index (κ3) is 7.19. The van der Waals surface area contributed by atoms with Crippen molar-refractivity contribution in [3.8, 4) is 0 Å². The highest BCUT2D eigenvalue weighted by Crippen LogP contribution is 1.96. The number of carboxylic acid groups (broad SMARTS) is 1. The third-order valence-electron chi connectivity index (χ3n) is 1.42. The number of aromatic carboxylic acids is 1. The van der Waals surface area contributed by atoms with Gasteiger partial charge in [-0.1, -0.05) is 24.3 Å². The molecule has 0 radical (unpaired) electrons. The van der Waals surface area contributed by atoms with Crippen LogP contribution in [-0.4, -0.2) is 16.9 Å². The molecule has 0 aliphatic rings. The summed E-state index contributed by atoms with van der Waals surface area (Å²) < 4.78 is 0. The van der Waals surface area contributed by atoms with E-state index in [4.69, 9.17) is 5.11 Å². The van der Waals surface area contributed by atoms with Gasteiger partial charge in [-0.25, -0.2) is 4.79 Å². The van der Waals surface area contributed by atoms with Crippen molar-refractivity contribution in [2.24, 2.45) is 0 Å². The molecule has 0 heterocycles. The molecule has 80 valence electrons. The number of hydrogen-bond acceptors (Lipinski definition) is 2. The minimum atomic E-state index is -0.879. The molecule has 0 bridgehead atoms. The van der Waals surface area contributed by atoms with Gasteiger partial charge in [0.2, 0.25) is 0 Å². The number of carboxylic acids is 1. The Balaban J connectivity index is 0.000000288. The van der Waals surface area contributed by atoms with Gasteiger partial charge in [-0.2, -0.15) is 0 Å². The van der Waals surface area contributed by atoms with E-state index in [2.05, 4.69) is 0 Å². The largest absolute Gasteiger partial charge is 0.478 e. The maximum Gasteiger partial charge on any atom is 0.335 e. The van der Waals surface area contributed by atoms with Gasteiger partial charge < -0.3 is 5.11 Å². The van der Waals surface area contributed by atoms with Crippen molar-refractivity contribution in [3.63, 3.8) is 0 Å². The molecular weight excluding hydrogens is 192 g/mol. The fourth-order valence-corrected chi connectivity index (χ4v) is 0.815. The highest BCUT2D eigenvalue weighted by Gasteiger charge is 1.96. The quantitative estimate of drug-likeness (QED) is 0.756. The molecule has 0 aliphatic carbocycles. The lowest BCUT2D eigenvalue weighted by molar-refractivity contribution is -0.112. The lowest BCUT2D eigenvalue weighted by atomic mass is 10.2. The first-order chi connectivity index (χ1) is 7.07. The number of carbonyl (C=O) groups excluding carboxylic acids is 1. The summed E-state index contributed by atoms with van der Waals surface area (Å²) in [7, 11) is 0. The van der Waals surface area contributed by atoms with Crippen molar-refractivity contribution in [1.82, 2.24) is 0 Å². The van der Waals surface area contributed by atoms with Crippen molar-refractivity contribution in [2.45, 2.75) is 13.8 Å². The summed E-state index contributed by atoms with van der Waals surface area (Å²) in [5, 5.41) is 8.38. The Morgan fingerprint density at radius 1 is 1.20 bits per heavy atom. The zero-order valence-corrected chi connectivity index (χ0v) is 8.81. The number of benzene rings is 1. The van der Waals surface area contributed by atoms with Crippen LogP contribution >= 0.6 is 0 Å². The fraction of sp³-hybridized carbons (Fsp3) is 0.167. The molecule has 0 atom stereocenters. The van der Waals surface area contributed by atoms with Crippen LogP contribution < -0.4 is 0 Å². The maximum absolute atomic E-state index is 10.2. The standard InChI is InChI=1S/C7H6O2.C5H8O/c8-7(9)6-4-2-1-3-5-6;1-3-4-5(2)6/h1-5H,(H,8,9);3-4H,1-2H3/b;4-3+. The second-order valence-electron chi connectivity index (χ2n) is 2.78. The lowest BCUT2D eigenvalue weighted by Crippen LogP contribution is -1.93. The second-order valence-corrected chi connectivity index (χ2v) is 2.78. The molecule has 0 amide bonds. The molecule has 1 rings (SSSR count). The van der Waals surface area contributed by atoms with Crippen LogP contribution in [0, 0.1) is 0 Å². The van der Waals surface area contributed by atoms with E-state index < -0.39 is 5.97 Å². The Bertz CT molecular complexity index is 339. The van der Waals surface area contributed by atoms with E-state index in [0.29, 0.717) is 5.56 Å². The average molecular weight is 206 g/mol. The van der Waals surface area contributed by atoms with E-state index in [1.807, 2.05) is 6.92 Å². The molecule has 0 aromatic heterocycles. The molecule has 3 heteroatoms. The van der Waals surface area contributed by atoms with Crippen LogP contribution in [0.5, 0.6) is 0 Å². The molecular formula is C12H14O3. The molecule has 1 aromatic rings. The number of hydrogen-bond donors (Lipinski definition) is 1. The Morgan fingerprint density at radius 3 is 1.93 bits per heavy atom. The zero-order chi connectivity index (χ0) is 11.7. The van der Waals surface area contributed by atoms with Gasteiger partial charge in [0.15, 0.2) is 5.78 Å². The van der Waals surface area contributed by atoms with Gasteiger partial charge in [-0.3, -0.25) is 4.79 Å². The van der Waals surface area contributed by atoms with Gasteiger partial charge in [-0.15, -0.1) is 0 Å². The predicted molar refractivity (Wildman–Crippen MR) is 58.9 cm³/mol. The molecule has 1 aromatic carbocycles. The van der Waals surface area contributed by atoms with E-state index in [1.165, 1.54) is 13.0 Å². The summed E-state index contributed by atoms with van der Waals surface area (Å²) in [6.07, 6.45) is 3.25. The van der Waals surface area contributed by atoms with Crippen molar-refractivity contribution >= 4 is 11.8 Å². The van der Waals surface area contributed by atoms with Crippen LogP contribution in [0.3, 0.4) is 0 Å². The summed E-state index contributed by atoms with van der Waals surface area (Å²) in [4.78, 5) is 20.2. The topological polar surface area (TPSA) is 54.4 Å². The third-order valence-corrected chi connectivity index (χ3v) is 1.42. The van der Waals surface area contributed by atoms with E-state index in [0.717, 1.165) is 0 Å². The number of rotatable bonds is 2. The fourth-order valence-electron chi connectivity index (χ4n) is 0.815. The van der Waals surface area contributed by atoms with Crippen molar-refractivity contribution < 1.29 is 14.7 Å². The van der Waals surface area contributed by atoms with E-state index in [-0.39, 0.29) is 5.78 Å². The van der Waals surface area contributed by atoms with Crippen LogP contribution in [0.15, 0.2) is 42.5 Å².